The fourth-order valence-corrected chi connectivity index (χ4v) is 2.30. The Hall–Kier alpha value is -1.34. The average Bonchev–Trinajstić information content (AvgIpc) is 2.94. The summed E-state index contributed by atoms with van der Waals surface area (Å²) in [4.78, 5) is 7.17. The Balaban J connectivity index is 1.90. The average molecular weight is 252 g/mol. The van der Waals surface area contributed by atoms with E-state index in [1.807, 2.05) is 6.20 Å². The molecule has 0 aromatic carbocycles. The van der Waals surface area contributed by atoms with Crippen LogP contribution >= 0.6 is 11.3 Å². The zero-order valence-corrected chi connectivity index (χ0v) is 11.0. The summed E-state index contributed by atoms with van der Waals surface area (Å²) in [5.74, 6) is 0.701. The van der Waals surface area contributed by atoms with Crippen molar-refractivity contribution in [3.63, 3.8) is 0 Å². The first-order chi connectivity index (χ1) is 8.19. The third kappa shape index (κ3) is 3.07. The molecule has 6 nitrogen and oxygen atoms in total. The maximum Gasteiger partial charge on any atom is 0.188 e. The van der Waals surface area contributed by atoms with Crippen LogP contribution in [0.1, 0.15) is 35.6 Å². The Morgan fingerprint density at radius 1 is 1.53 bits per heavy atom. The summed E-state index contributed by atoms with van der Waals surface area (Å²) in [6.07, 6.45) is 2.98. The van der Waals surface area contributed by atoms with Gasteiger partial charge < -0.3 is 5.32 Å². The molecular weight excluding hydrogens is 236 g/mol. The lowest BCUT2D eigenvalue weighted by molar-refractivity contribution is 0.553. The molecule has 0 aliphatic carbocycles. The molecule has 0 amide bonds. The van der Waals surface area contributed by atoms with Gasteiger partial charge in [0.25, 0.3) is 0 Å². The van der Waals surface area contributed by atoms with Gasteiger partial charge in [-0.2, -0.15) is 4.80 Å². The van der Waals surface area contributed by atoms with Crippen LogP contribution in [0.15, 0.2) is 6.20 Å². The minimum atomic E-state index is 0.212. The largest absolute Gasteiger partial charge is 0.301 e. The van der Waals surface area contributed by atoms with Gasteiger partial charge in [-0.3, -0.25) is 0 Å². The van der Waals surface area contributed by atoms with E-state index in [4.69, 9.17) is 0 Å². The number of nitrogens with zero attached hydrogens (tertiary/aromatic N) is 5. The molecule has 17 heavy (non-hydrogen) atoms. The second-order valence-electron chi connectivity index (χ2n) is 3.82. The van der Waals surface area contributed by atoms with Crippen molar-refractivity contribution in [2.24, 2.45) is 7.05 Å². The molecule has 2 aromatic rings. The molecule has 2 aromatic heterocycles. The van der Waals surface area contributed by atoms with E-state index in [0.29, 0.717) is 12.4 Å². The van der Waals surface area contributed by atoms with E-state index in [9.17, 15) is 0 Å². The Labute approximate surface area is 104 Å². The molecule has 2 heterocycles. The number of tetrazole rings is 1. The first-order valence-corrected chi connectivity index (χ1v) is 6.41. The minimum absolute atomic E-state index is 0.212. The van der Waals surface area contributed by atoms with Gasteiger partial charge in [0.05, 0.1) is 19.6 Å². The summed E-state index contributed by atoms with van der Waals surface area (Å²) in [5.41, 5.74) is 0. The Bertz CT molecular complexity index is 477. The van der Waals surface area contributed by atoms with Crippen molar-refractivity contribution in [1.29, 1.82) is 0 Å². The molecule has 2 rings (SSSR count). The second-order valence-corrected chi connectivity index (χ2v) is 4.96. The van der Waals surface area contributed by atoms with Crippen molar-refractivity contribution in [3.8, 4) is 0 Å². The number of thiazole rings is 1. The second kappa shape index (κ2) is 5.33. The fraction of sp³-hybridized carbons (Fsp3) is 0.600. The highest BCUT2D eigenvalue weighted by molar-refractivity contribution is 7.11. The summed E-state index contributed by atoms with van der Waals surface area (Å²) in [6, 6.07) is 0.212. The molecular formula is C10H16N6S. The molecule has 1 N–H and O–H groups in total. The molecule has 0 bridgehead atoms. The first kappa shape index (κ1) is 12.1. The van der Waals surface area contributed by atoms with Crippen LogP contribution in [0.4, 0.5) is 0 Å². The van der Waals surface area contributed by atoms with Crippen LogP contribution in [-0.2, 0) is 20.0 Å². The maximum atomic E-state index is 4.40. The normalized spacial score (nSPS) is 12.9. The van der Waals surface area contributed by atoms with Gasteiger partial charge in [0, 0.05) is 11.1 Å². The van der Waals surface area contributed by atoms with Gasteiger partial charge in [0.1, 0.15) is 5.01 Å². The predicted molar refractivity (Wildman–Crippen MR) is 65.5 cm³/mol. The van der Waals surface area contributed by atoms with E-state index in [-0.39, 0.29) is 6.04 Å². The van der Waals surface area contributed by atoms with Gasteiger partial charge in [0.2, 0.25) is 0 Å². The van der Waals surface area contributed by atoms with Crippen LogP contribution in [0.3, 0.4) is 0 Å². The van der Waals surface area contributed by atoms with E-state index in [0.717, 1.165) is 11.4 Å². The summed E-state index contributed by atoms with van der Waals surface area (Å²) >= 11 is 1.75. The van der Waals surface area contributed by atoms with Crippen LogP contribution < -0.4 is 5.32 Å². The Morgan fingerprint density at radius 3 is 2.94 bits per heavy atom. The molecule has 0 fully saturated rings. The number of aryl methyl sites for hydroxylation is 2. The van der Waals surface area contributed by atoms with Crippen molar-refractivity contribution in [2.45, 2.75) is 32.9 Å². The summed E-state index contributed by atoms with van der Waals surface area (Å²) in [5, 5.41) is 16.3. The zero-order valence-electron chi connectivity index (χ0n) is 10.2. The topological polar surface area (TPSA) is 68.5 Å². The quantitative estimate of drug-likeness (QED) is 0.862. The lowest BCUT2D eigenvalue weighted by atomic mass is 10.3. The van der Waals surface area contributed by atoms with Crippen LogP contribution in [0.2, 0.25) is 0 Å². The van der Waals surface area contributed by atoms with Crippen LogP contribution in [-0.4, -0.2) is 25.2 Å². The number of rotatable bonds is 5. The lowest BCUT2D eigenvalue weighted by Gasteiger charge is -2.08. The van der Waals surface area contributed by atoms with Gasteiger partial charge in [-0.05, 0) is 18.6 Å². The number of aromatic nitrogens is 5. The number of hydrogen-bond donors (Lipinski definition) is 1. The third-order valence-electron chi connectivity index (χ3n) is 2.41. The van der Waals surface area contributed by atoms with Crippen LogP contribution in [0.5, 0.6) is 0 Å². The molecule has 92 valence electrons. The van der Waals surface area contributed by atoms with Crippen molar-refractivity contribution in [3.05, 3.63) is 21.9 Å². The van der Waals surface area contributed by atoms with Crippen molar-refractivity contribution in [1.82, 2.24) is 30.5 Å². The maximum absolute atomic E-state index is 4.40. The highest BCUT2D eigenvalue weighted by atomic mass is 32.1. The van der Waals surface area contributed by atoms with E-state index in [1.54, 1.807) is 18.4 Å². The van der Waals surface area contributed by atoms with Gasteiger partial charge in [-0.15, -0.1) is 21.5 Å². The molecule has 0 aliphatic rings. The van der Waals surface area contributed by atoms with E-state index >= 15 is 0 Å². The first-order valence-electron chi connectivity index (χ1n) is 5.60. The van der Waals surface area contributed by atoms with Gasteiger partial charge >= 0.3 is 0 Å². The number of hydrogen-bond acceptors (Lipinski definition) is 6. The monoisotopic (exact) mass is 252 g/mol. The van der Waals surface area contributed by atoms with E-state index < -0.39 is 0 Å². The standard InChI is InChI=1S/C10H16N6S/c1-4-8-5-12-10(17-8)7(2)11-6-9-13-15-16(3)14-9/h5,7,11H,4,6H2,1-3H3. The SMILES string of the molecule is CCc1cnc(C(C)NCc2nnn(C)n2)s1. The molecule has 0 radical (unpaired) electrons. The highest BCUT2D eigenvalue weighted by Crippen LogP contribution is 2.20. The molecule has 7 heteroatoms. The summed E-state index contributed by atoms with van der Waals surface area (Å²) < 4.78 is 0. The number of nitrogens with one attached hydrogen (secondary N) is 1. The van der Waals surface area contributed by atoms with Gasteiger partial charge in [-0.1, -0.05) is 6.92 Å². The summed E-state index contributed by atoms with van der Waals surface area (Å²) in [6.45, 7) is 4.84. The molecule has 1 atom stereocenters. The van der Waals surface area contributed by atoms with E-state index in [2.05, 4.69) is 39.6 Å². The zero-order chi connectivity index (χ0) is 12.3. The highest BCUT2D eigenvalue weighted by Gasteiger charge is 2.10. The lowest BCUT2D eigenvalue weighted by Crippen LogP contribution is -2.18. The fourth-order valence-electron chi connectivity index (χ4n) is 1.41. The summed E-state index contributed by atoms with van der Waals surface area (Å²) in [7, 11) is 1.76. The predicted octanol–water partition coefficient (Wildman–Crippen LogP) is 1.08. The van der Waals surface area contributed by atoms with Crippen molar-refractivity contribution in [2.75, 3.05) is 0 Å². The van der Waals surface area contributed by atoms with Crippen LogP contribution in [0, 0.1) is 0 Å². The Kier molecular flexibility index (Phi) is 3.80. The Morgan fingerprint density at radius 2 is 2.35 bits per heavy atom. The molecule has 1 unspecified atom stereocenters. The van der Waals surface area contributed by atoms with Gasteiger partial charge in [0.15, 0.2) is 5.82 Å². The van der Waals surface area contributed by atoms with Crippen molar-refractivity contribution < 1.29 is 0 Å². The van der Waals surface area contributed by atoms with Crippen LogP contribution in [0.25, 0.3) is 0 Å². The van der Waals surface area contributed by atoms with Crippen molar-refractivity contribution >= 4 is 11.3 Å². The molecule has 0 spiro atoms. The van der Waals surface area contributed by atoms with Gasteiger partial charge in [-0.25, -0.2) is 4.98 Å². The minimum Gasteiger partial charge on any atom is -0.301 e. The third-order valence-corrected chi connectivity index (χ3v) is 3.73. The molecule has 0 saturated carbocycles. The molecule has 0 aliphatic heterocycles. The smallest absolute Gasteiger partial charge is 0.188 e. The molecule has 0 saturated heterocycles. The van der Waals surface area contributed by atoms with E-state index in [1.165, 1.54) is 9.67 Å².